The molecule has 2 nitrogen and oxygen atoms in total. The van der Waals surface area contributed by atoms with Gasteiger partial charge in [0, 0.05) is 16.8 Å². The molecule has 2 aromatic rings. The first-order chi connectivity index (χ1) is 9.08. The van der Waals surface area contributed by atoms with E-state index in [1.54, 1.807) is 12.1 Å². The first-order valence-corrected chi connectivity index (χ1v) is 6.39. The second-order valence-electron chi connectivity index (χ2n) is 4.33. The normalized spacial score (nSPS) is 11.9. The number of thiocarbonyl (C=S) groups is 1. The van der Waals surface area contributed by atoms with Crippen LogP contribution in [0, 0.1) is 5.82 Å². The quantitative estimate of drug-likeness (QED) is 0.836. The summed E-state index contributed by atoms with van der Waals surface area (Å²) < 4.78 is 13.6. The Balaban J connectivity index is 2.13. The molecule has 98 valence electrons. The second-order valence-corrected chi connectivity index (χ2v) is 4.77. The third-order valence-corrected chi connectivity index (χ3v) is 3.16. The molecular formula is C15H15FN2S. The van der Waals surface area contributed by atoms with E-state index in [4.69, 9.17) is 18.0 Å². The lowest BCUT2D eigenvalue weighted by Crippen LogP contribution is -2.10. The number of anilines is 1. The van der Waals surface area contributed by atoms with Crippen LogP contribution >= 0.6 is 12.2 Å². The summed E-state index contributed by atoms with van der Waals surface area (Å²) in [6.45, 7) is 1.92. The van der Waals surface area contributed by atoms with Crippen molar-refractivity contribution in [2.24, 2.45) is 5.73 Å². The Morgan fingerprint density at radius 1 is 1.16 bits per heavy atom. The third-order valence-electron chi connectivity index (χ3n) is 2.92. The molecule has 0 spiro atoms. The molecule has 0 amide bonds. The number of hydrogen-bond acceptors (Lipinski definition) is 2. The number of rotatable bonds is 4. The molecule has 0 saturated carbocycles. The highest BCUT2D eigenvalue weighted by atomic mass is 32.1. The summed E-state index contributed by atoms with van der Waals surface area (Å²) in [5, 5.41) is 3.24. The Labute approximate surface area is 117 Å². The highest BCUT2D eigenvalue weighted by Gasteiger charge is 2.09. The fourth-order valence-electron chi connectivity index (χ4n) is 1.88. The smallest absolute Gasteiger partial charge is 0.128 e. The molecule has 0 heterocycles. The summed E-state index contributed by atoms with van der Waals surface area (Å²) in [6, 6.07) is 14.1. The van der Waals surface area contributed by atoms with Gasteiger partial charge in [-0.3, -0.25) is 0 Å². The van der Waals surface area contributed by atoms with Gasteiger partial charge in [-0.25, -0.2) is 4.39 Å². The van der Waals surface area contributed by atoms with Crippen molar-refractivity contribution >= 4 is 22.9 Å². The molecule has 2 rings (SSSR count). The Morgan fingerprint density at radius 2 is 1.79 bits per heavy atom. The molecule has 1 unspecified atom stereocenters. The minimum Gasteiger partial charge on any atom is -0.389 e. The van der Waals surface area contributed by atoms with Gasteiger partial charge in [-0.15, -0.1) is 0 Å². The highest BCUT2D eigenvalue weighted by Crippen LogP contribution is 2.21. The van der Waals surface area contributed by atoms with Gasteiger partial charge in [0.25, 0.3) is 0 Å². The van der Waals surface area contributed by atoms with Crippen LogP contribution in [0.25, 0.3) is 0 Å². The van der Waals surface area contributed by atoms with Crippen LogP contribution in [-0.2, 0) is 0 Å². The molecule has 0 aliphatic rings. The van der Waals surface area contributed by atoms with Gasteiger partial charge >= 0.3 is 0 Å². The molecular weight excluding hydrogens is 259 g/mol. The van der Waals surface area contributed by atoms with E-state index < -0.39 is 0 Å². The van der Waals surface area contributed by atoms with Crippen molar-refractivity contribution < 1.29 is 4.39 Å². The summed E-state index contributed by atoms with van der Waals surface area (Å²) in [6.07, 6.45) is 0. The van der Waals surface area contributed by atoms with E-state index in [2.05, 4.69) is 5.32 Å². The average molecular weight is 274 g/mol. The molecule has 0 saturated heterocycles. The standard InChI is InChI=1S/C15H15FN2S/c1-10(13-4-2-3-5-14(13)16)18-12-8-6-11(7-9-12)15(17)19/h2-10,18H,1H3,(H2,17,19). The molecule has 19 heavy (non-hydrogen) atoms. The van der Waals surface area contributed by atoms with Gasteiger partial charge in [-0.05, 0) is 37.3 Å². The van der Waals surface area contributed by atoms with Gasteiger partial charge in [0.15, 0.2) is 0 Å². The van der Waals surface area contributed by atoms with Crippen LogP contribution in [0.3, 0.4) is 0 Å². The molecule has 0 radical (unpaired) electrons. The predicted octanol–water partition coefficient (Wildman–Crippen LogP) is 3.63. The zero-order valence-corrected chi connectivity index (χ0v) is 11.4. The van der Waals surface area contributed by atoms with Crippen molar-refractivity contribution in [1.29, 1.82) is 0 Å². The topological polar surface area (TPSA) is 38.0 Å². The van der Waals surface area contributed by atoms with E-state index in [9.17, 15) is 4.39 Å². The van der Waals surface area contributed by atoms with Crippen LogP contribution in [0.2, 0.25) is 0 Å². The Hall–Kier alpha value is -1.94. The lowest BCUT2D eigenvalue weighted by Gasteiger charge is -2.16. The van der Waals surface area contributed by atoms with E-state index in [1.807, 2.05) is 37.3 Å². The van der Waals surface area contributed by atoms with E-state index in [0.29, 0.717) is 10.6 Å². The van der Waals surface area contributed by atoms with Crippen LogP contribution in [0.4, 0.5) is 10.1 Å². The van der Waals surface area contributed by atoms with Crippen molar-refractivity contribution in [2.45, 2.75) is 13.0 Å². The second kappa shape index (κ2) is 5.80. The van der Waals surface area contributed by atoms with Gasteiger partial charge in [-0.1, -0.05) is 30.4 Å². The number of nitrogens with two attached hydrogens (primary N) is 1. The van der Waals surface area contributed by atoms with E-state index in [1.165, 1.54) is 6.07 Å². The molecule has 1 atom stereocenters. The minimum absolute atomic E-state index is 0.114. The van der Waals surface area contributed by atoms with Crippen LogP contribution in [-0.4, -0.2) is 4.99 Å². The maximum absolute atomic E-state index is 13.6. The monoisotopic (exact) mass is 274 g/mol. The van der Waals surface area contributed by atoms with Crippen molar-refractivity contribution in [1.82, 2.24) is 0 Å². The fraction of sp³-hybridized carbons (Fsp3) is 0.133. The van der Waals surface area contributed by atoms with Gasteiger partial charge in [0.1, 0.15) is 10.8 Å². The summed E-state index contributed by atoms with van der Waals surface area (Å²) in [7, 11) is 0. The van der Waals surface area contributed by atoms with Gasteiger partial charge in [0.2, 0.25) is 0 Å². The summed E-state index contributed by atoms with van der Waals surface area (Å²) in [5.41, 5.74) is 7.89. The van der Waals surface area contributed by atoms with Gasteiger partial charge in [-0.2, -0.15) is 0 Å². The SMILES string of the molecule is CC(Nc1ccc(C(N)=S)cc1)c1ccccc1F. The number of hydrogen-bond donors (Lipinski definition) is 2. The maximum atomic E-state index is 13.6. The molecule has 2 aromatic carbocycles. The number of benzene rings is 2. The number of halogens is 1. The largest absolute Gasteiger partial charge is 0.389 e. The third kappa shape index (κ3) is 3.29. The molecule has 3 N–H and O–H groups in total. The minimum atomic E-state index is -0.206. The first-order valence-electron chi connectivity index (χ1n) is 5.99. The Bertz CT molecular complexity index is 581. The molecule has 0 bridgehead atoms. The predicted molar refractivity (Wildman–Crippen MR) is 80.8 cm³/mol. The molecule has 0 fully saturated rings. The zero-order chi connectivity index (χ0) is 13.8. The van der Waals surface area contributed by atoms with Crippen LogP contribution < -0.4 is 11.1 Å². The Kier molecular flexibility index (Phi) is 4.12. The van der Waals surface area contributed by atoms with Gasteiger partial charge < -0.3 is 11.1 Å². The van der Waals surface area contributed by atoms with Crippen LogP contribution in [0.1, 0.15) is 24.1 Å². The lowest BCUT2D eigenvalue weighted by molar-refractivity contribution is 0.600. The molecule has 0 aliphatic carbocycles. The van der Waals surface area contributed by atoms with Crippen molar-refractivity contribution in [3.63, 3.8) is 0 Å². The van der Waals surface area contributed by atoms with Crippen LogP contribution in [0.15, 0.2) is 48.5 Å². The van der Waals surface area contributed by atoms with E-state index >= 15 is 0 Å². The summed E-state index contributed by atoms with van der Waals surface area (Å²) in [5.74, 6) is -0.206. The van der Waals surface area contributed by atoms with E-state index in [0.717, 1.165) is 11.3 Å². The number of nitrogens with one attached hydrogen (secondary N) is 1. The van der Waals surface area contributed by atoms with Crippen LogP contribution in [0.5, 0.6) is 0 Å². The van der Waals surface area contributed by atoms with Crippen molar-refractivity contribution in [3.05, 3.63) is 65.5 Å². The molecule has 4 heteroatoms. The molecule has 0 aliphatic heterocycles. The average Bonchev–Trinajstić information content (AvgIpc) is 2.39. The first kappa shape index (κ1) is 13.5. The van der Waals surface area contributed by atoms with E-state index in [-0.39, 0.29) is 11.9 Å². The maximum Gasteiger partial charge on any atom is 0.128 e. The van der Waals surface area contributed by atoms with Gasteiger partial charge in [0.05, 0.1) is 6.04 Å². The van der Waals surface area contributed by atoms with Crippen molar-refractivity contribution in [2.75, 3.05) is 5.32 Å². The Morgan fingerprint density at radius 3 is 2.37 bits per heavy atom. The molecule has 0 aromatic heterocycles. The van der Waals surface area contributed by atoms with Crippen molar-refractivity contribution in [3.8, 4) is 0 Å². The summed E-state index contributed by atoms with van der Waals surface area (Å²) >= 11 is 4.89. The zero-order valence-electron chi connectivity index (χ0n) is 10.6. The highest BCUT2D eigenvalue weighted by molar-refractivity contribution is 7.80. The summed E-state index contributed by atoms with van der Waals surface area (Å²) in [4.78, 5) is 0.369. The fourth-order valence-corrected chi connectivity index (χ4v) is 2.02. The lowest BCUT2D eigenvalue weighted by atomic mass is 10.1.